The molecule has 2 aromatic rings. The van der Waals surface area contributed by atoms with Crippen molar-refractivity contribution >= 4 is 43.5 Å². The molecule has 1 unspecified atom stereocenters. The van der Waals surface area contributed by atoms with Gasteiger partial charge in [-0.2, -0.15) is 0 Å². The average molecular weight is 419 g/mol. The number of nitrogens with zero attached hydrogens (tertiary/aromatic N) is 1. The van der Waals surface area contributed by atoms with Gasteiger partial charge in [0, 0.05) is 20.2 Å². The van der Waals surface area contributed by atoms with E-state index in [1.165, 1.54) is 5.56 Å². The van der Waals surface area contributed by atoms with Crippen molar-refractivity contribution < 1.29 is 0 Å². The smallest absolute Gasteiger partial charge is 0.0719 e. The number of likely N-dealkylation sites (N-methyl/N-ethyl adjacent to an activating group) is 1. The van der Waals surface area contributed by atoms with Crippen LogP contribution < -0.4 is 5.32 Å². The fourth-order valence-electron chi connectivity index (χ4n) is 2.05. The largest absolute Gasteiger partial charge is 0.309 e. The number of nitrogens with one attached hydrogen (secondary N) is 1. The van der Waals surface area contributed by atoms with E-state index in [0.717, 1.165) is 32.6 Å². The zero-order valence-electron chi connectivity index (χ0n) is 11.0. The highest BCUT2D eigenvalue weighted by atomic mass is 79.9. The van der Waals surface area contributed by atoms with Gasteiger partial charge in [-0.25, -0.2) is 0 Å². The number of benzene rings is 1. The summed E-state index contributed by atoms with van der Waals surface area (Å²) in [7, 11) is 0. The predicted octanol–water partition coefficient (Wildman–Crippen LogP) is 5.15. The van der Waals surface area contributed by atoms with Gasteiger partial charge in [0.15, 0.2) is 0 Å². The second-order valence-corrected chi connectivity index (χ2v) is 6.67. The maximum Gasteiger partial charge on any atom is 0.0719 e. The van der Waals surface area contributed by atoms with E-state index in [0.29, 0.717) is 0 Å². The first-order chi connectivity index (χ1) is 9.60. The molecule has 0 aliphatic heterocycles. The van der Waals surface area contributed by atoms with E-state index >= 15 is 0 Å². The molecule has 2 nitrogen and oxygen atoms in total. The van der Waals surface area contributed by atoms with Crippen LogP contribution >= 0.6 is 43.5 Å². The minimum atomic E-state index is 0.170. The number of pyridine rings is 1. The highest BCUT2D eigenvalue weighted by Crippen LogP contribution is 2.27. The topological polar surface area (TPSA) is 24.9 Å². The minimum absolute atomic E-state index is 0.170. The summed E-state index contributed by atoms with van der Waals surface area (Å²) in [4.78, 5) is 4.53. The van der Waals surface area contributed by atoms with Crippen molar-refractivity contribution in [3.05, 3.63) is 61.8 Å². The summed E-state index contributed by atoms with van der Waals surface area (Å²) in [6, 6.07) is 10.1. The van der Waals surface area contributed by atoms with Crippen molar-refractivity contribution in [2.75, 3.05) is 6.54 Å². The van der Waals surface area contributed by atoms with Gasteiger partial charge >= 0.3 is 0 Å². The van der Waals surface area contributed by atoms with Gasteiger partial charge in [0.1, 0.15) is 0 Å². The predicted molar refractivity (Wildman–Crippen MR) is 91.2 cm³/mol. The minimum Gasteiger partial charge on any atom is -0.309 e. The van der Waals surface area contributed by atoms with Gasteiger partial charge in [-0.1, -0.05) is 30.7 Å². The number of hydrogen-bond acceptors (Lipinski definition) is 2. The molecule has 0 spiro atoms. The normalized spacial score (nSPS) is 12.4. The van der Waals surface area contributed by atoms with E-state index in [-0.39, 0.29) is 6.04 Å². The van der Waals surface area contributed by atoms with Crippen molar-refractivity contribution in [1.82, 2.24) is 10.3 Å². The summed E-state index contributed by atoms with van der Waals surface area (Å²) in [6.07, 6.45) is 2.70. The van der Waals surface area contributed by atoms with Crippen molar-refractivity contribution in [3.8, 4) is 0 Å². The van der Waals surface area contributed by atoms with Crippen LogP contribution in [0.5, 0.6) is 0 Å². The Morgan fingerprint density at radius 3 is 2.55 bits per heavy atom. The molecule has 0 fully saturated rings. The zero-order valence-corrected chi connectivity index (χ0v) is 15.0. The summed E-state index contributed by atoms with van der Waals surface area (Å²) in [5.41, 5.74) is 2.25. The SMILES string of the molecule is CCNC(Cc1ccc(Cl)cc1)c1ncc(Br)cc1Br. The first-order valence-corrected chi connectivity index (χ1v) is 8.35. The molecule has 1 aromatic heterocycles. The van der Waals surface area contributed by atoms with Gasteiger partial charge in [0.05, 0.1) is 11.7 Å². The summed E-state index contributed by atoms with van der Waals surface area (Å²) >= 11 is 12.9. The third-order valence-electron chi connectivity index (χ3n) is 2.97. The van der Waals surface area contributed by atoms with Crippen molar-refractivity contribution in [2.45, 2.75) is 19.4 Å². The Kier molecular flexibility index (Phi) is 6.02. The van der Waals surface area contributed by atoms with Crippen LogP contribution in [0.1, 0.15) is 24.2 Å². The third-order valence-corrected chi connectivity index (χ3v) is 4.29. The van der Waals surface area contributed by atoms with Crippen LogP contribution in [0.15, 0.2) is 45.5 Å². The molecule has 0 radical (unpaired) electrons. The Labute approximate surface area is 141 Å². The van der Waals surface area contributed by atoms with Gasteiger partial charge in [-0.05, 0) is 68.6 Å². The molecular weight excluding hydrogens is 403 g/mol. The monoisotopic (exact) mass is 416 g/mol. The first-order valence-electron chi connectivity index (χ1n) is 6.39. The van der Waals surface area contributed by atoms with E-state index in [4.69, 9.17) is 11.6 Å². The fourth-order valence-corrected chi connectivity index (χ4v) is 3.44. The van der Waals surface area contributed by atoms with E-state index < -0.39 is 0 Å². The van der Waals surface area contributed by atoms with E-state index in [1.54, 1.807) is 0 Å². The second kappa shape index (κ2) is 7.55. The molecule has 0 aliphatic carbocycles. The first kappa shape index (κ1) is 16.0. The highest BCUT2D eigenvalue weighted by Gasteiger charge is 2.16. The summed E-state index contributed by atoms with van der Waals surface area (Å²) < 4.78 is 1.97. The zero-order chi connectivity index (χ0) is 14.5. The summed E-state index contributed by atoms with van der Waals surface area (Å²) in [5.74, 6) is 0. The fraction of sp³-hybridized carbons (Fsp3) is 0.267. The molecule has 1 heterocycles. The number of hydrogen-bond donors (Lipinski definition) is 1. The Bertz CT molecular complexity index is 573. The molecular formula is C15H15Br2ClN2. The lowest BCUT2D eigenvalue weighted by atomic mass is 10.0. The van der Waals surface area contributed by atoms with Crippen LogP contribution in [0.2, 0.25) is 5.02 Å². The standard InChI is InChI=1S/C15H15Br2ClN2/c1-2-19-14(7-10-3-5-12(18)6-4-10)15-13(17)8-11(16)9-20-15/h3-6,8-9,14,19H,2,7H2,1H3. The van der Waals surface area contributed by atoms with Crippen molar-refractivity contribution in [2.24, 2.45) is 0 Å². The van der Waals surface area contributed by atoms with Crippen LogP contribution in [-0.4, -0.2) is 11.5 Å². The summed E-state index contributed by atoms with van der Waals surface area (Å²) in [6.45, 7) is 2.99. The van der Waals surface area contributed by atoms with Gasteiger partial charge in [0.25, 0.3) is 0 Å². The molecule has 0 saturated carbocycles. The van der Waals surface area contributed by atoms with E-state index in [1.807, 2.05) is 24.4 Å². The maximum absolute atomic E-state index is 5.93. The molecule has 20 heavy (non-hydrogen) atoms. The maximum atomic E-state index is 5.93. The lowest BCUT2D eigenvalue weighted by Crippen LogP contribution is -2.24. The van der Waals surface area contributed by atoms with Crippen molar-refractivity contribution in [1.29, 1.82) is 0 Å². The number of rotatable bonds is 5. The van der Waals surface area contributed by atoms with Crippen LogP contribution in [-0.2, 0) is 6.42 Å². The Balaban J connectivity index is 2.24. The Hall–Kier alpha value is -0.420. The molecule has 0 amide bonds. The molecule has 1 aromatic carbocycles. The van der Waals surface area contributed by atoms with Crippen molar-refractivity contribution in [3.63, 3.8) is 0 Å². The molecule has 1 N–H and O–H groups in total. The molecule has 1 atom stereocenters. The van der Waals surface area contributed by atoms with Gasteiger partial charge in [0.2, 0.25) is 0 Å². The lowest BCUT2D eigenvalue weighted by Gasteiger charge is -2.19. The van der Waals surface area contributed by atoms with Crippen LogP contribution in [0.3, 0.4) is 0 Å². The van der Waals surface area contributed by atoms with E-state index in [9.17, 15) is 0 Å². The Morgan fingerprint density at radius 2 is 1.95 bits per heavy atom. The van der Waals surface area contributed by atoms with Gasteiger partial charge in [-0.3, -0.25) is 4.98 Å². The number of aromatic nitrogens is 1. The lowest BCUT2D eigenvalue weighted by molar-refractivity contribution is 0.534. The molecule has 0 aliphatic rings. The molecule has 106 valence electrons. The molecule has 5 heteroatoms. The molecule has 2 rings (SSSR count). The van der Waals surface area contributed by atoms with Crippen LogP contribution in [0.25, 0.3) is 0 Å². The van der Waals surface area contributed by atoms with Gasteiger partial charge in [-0.15, -0.1) is 0 Å². The van der Waals surface area contributed by atoms with E-state index in [2.05, 4.69) is 61.2 Å². The van der Waals surface area contributed by atoms with Gasteiger partial charge < -0.3 is 5.32 Å². The quantitative estimate of drug-likeness (QED) is 0.726. The Morgan fingerprint density at radius 1 is 1.25 bits per heavy atom. The number of halogens is 3. The molecule has 0 saturated heterocycles. The van der Waals surface area contributed by atoms with Crippen LogP contribution in [0, 0.1) is 0 Å². The molecule has 0 bridgehead atoms. The average Bonchev–Trinajstić information content (AvgIpc) is 2.41. The summed E-state index contributed by atoms with van der Waals surface area (Å²) in [5, 5.41) is 4.24. The van der Waals surface area contributed by atoms with Crippen LogP contribution in [0.4, 0.5) is 0 Å². The second-order valence-electron chi connectivity index (χ2n) is 4.46. The highest BCUT2D eigenvalue weighted by molar-refractivity contribution is 9.11. The third kappa shape index (κ3) is 4.29.